The molecule has 3 heteroatoms. The molecule has 76 valence electrons. The van der Waals surface area contributed by atoms with E-state index in [2.05, 4.69) is 45.0 Å². The van der Waals surface area contributed by atoms with E-state index in [9.17, 15) is 0 Å². The Hall–Kier alpha value is 0.423. The normalized spacial score (nSPS) is 8.00. The van der Waals surface area contributed by atoms with Crippen LogP contribution in [0.2, 0.25) is 0 Å². The molecule has 1 aromatic rings. The maximum absolute atomic E-state index is 2.21. The monoisotopic (exact) mass is 306 g/mol. The molecular weight excluding hydrogens is 292 g/mol. The van der Waals surface area contributed by atoms with Crippen molar-refractivity contribution in [2.24, 2.45) is 0 Å². The van der Waals surface area contributed by atoms with Gasteiger partial charge in [-0.25, -0.2) is 0 Å². The van der Waals surface area contributed by atoms with Gasteiger partial charge in [-0.15, -0.1) is 0 Å². The van der Waals surface area contributed by atoms with Crippen molar-refractivity contribution >= 4 is 0 Å². The van der Waals surface area contributed by atoms with E-state index >= 15 is 0 Å². The number of halogens is 2. The molecule has 1 aromatic carbocycles. The SMILES string of the molecule is Cc1ccc(C(C)C)cc1.[Cl-].[Cl-].[Ru+2]. The molecule has 0 aliphatic carbocycles. The van der Waals surface area contributed by atoms with Gasteiger partial charge in [0.2, 0.25) is 0 Å². The number of rotatable bonds is 1. The van der Waals surface area contributed by atoms with Crippen LogP contribution < -0.4 is 24.8 Å². The predicted molar refractivity (Wildman–Crippen MR) is 45.3 cm³/mol. The zero-order valence-electron chi connectivity index (χ0n) is 8.00. The molecule has 0 unspecified atom stereocenters. The summed E-state index contributed by atoms with van der Waals surface area (Å²) < 4.78 is 0. The van der Waals surface area contributed by atoms with E-state index in [0.717, 1.165) is 0 Å². The van der Waals surface area contributed by atoms with Gasteiger partial charge >= 0.3 is 19.5 Å². The molecule has 13 heavy (non-hydrogen) atoms. The summed E-state index contributed by atoms with van der Waals surface area (Å²) in [5.41, 5.74) is 2.76. The van der Waals surface area contributed by atoms with Crippen LogP contribution in [0.4, 0.5) is 0 Å². The Bertz CT molecular complexity index is 207. The summed E-state index contributed by atoms with van der Waals surface area (Å²) in [7, 11) is 0. The van der Waals surface area contributed by atoms with E-state index in [0.29, 0.717) is 5.92 Å². The summed E-state index contributed by atoms with van der Waals surface area (Å²) in [5.74, 6) is 0.653. The van der Waals surface area contributed by atoms with E-state index in [4.69, 9.17) is 0 Å². The van der Waals surface area contributed by atoms with Crippen LogP contribution in [0.5, 0.6) is 0 Å². The second-order valence-corrected chi connectivity index (χ2v) is 3.07. The maximum atomic E-state index is 2.21. The second kappa shape index (κ2) is 9.00. The predicted octanol–water partition coefficient (Wildman–Crippen LogP) is -2.88. The molecule has 0 bridgehead atoms. The Labute approximate surface area is 106 Å². The minimum atomic E-state index is 0. The van der Waals surface area contributed by atoms with Crippen molar-refractivity contribution in [2.75, 3.05) is 0 Å². The summed E-state index contributed by atoms with van der Waals surface area (Å²) in [5, 5.41) is 0. The second-order valence-electron chi connectivity index (χ2n) is 3.07. The standard InChI is InChI=1S/C10H14.2ClH.Ru/c1-8(2)10-6-4-9(3)5-7-10;;;/h4-8H,1-3H3;2*1H;/q;;;+2/p-2. The largest absolute Gasteiger partial charge is 2.00 e. The Morgan fingerprint density at radius 1 is 0.923 bits per heavy atom. The van der Waals surface area contributed by atoms with E-state index in [1.165, 1.54) is 11.1 Å². The van der Waals surface area contributed by atoms with Gasteiger partial charge in [-0.05, 0) is 18.4 Å². The van der Waals surface area contributed by atoms with Crippen LogP contribution in [0, 0.1) is 6.92 Å². The summed E-state index contributed by atoms with van der Waals surface area (Å²) in [4.78, 5) is 0. The van der Waals surface area contributed by atoms with Gasteiger partial charge in [-0.2, -0.15) is 0 Å². The molecule has 0 heterocycles. The van der Waals surface area contributed by atoms with Crippen molar-refractivity contribution in [3.8, 4) is 0 Å². The molecule has 0 aliphatic rings. The van der Waals surface area contributed by atoms with Gasteiger partial charge in [0.25, 0.3) is 0 Å². The van der Waals surface area contributed by atoms with Crippen molar-refractivity contribution in [2.45, 2.75) is 26.7 Å². The topological polar surface area (TPSA) is 0 Å². The maximum Gasteiger partial charge on any atom is 2.00 e. The van der Waals surface area contributed by atoms with Crippen LogP contribution >= 0.6 is 0 Å². The van der Waals surface area contributed by atoms with Crippen LogP contribution in [0.15, 0.2) is 24.3 Å². The third kappa shape index (κ3) is 6.49. The Morgan fingerprint density at radius 2 is 1.31 bits per heavy atom. The molecule has 0 saturated carbocycles. The van der Waals surface area contributed by atoms with Crippen LogP contribution in [-0.4, -0.2) is 0 Å². The average molecular weight is 306 g/mol. The number of hydrogen-bond acceptors (Lipinski definition) is 0. The Kier molecular flexibility index (Phi) is 13.2. The fourth-order valence-corrected chi connectivity index (χ4v) is 0.951. The first-order chi connectivity index (χ1) is 4.70. The molecule has 0 nitrogen and oxygen atoms in total. The molecule has 0 aliphatic heterocycles. The molecule has 1 rings (SSSR count). The van der Waals surface area contributed by atoms with Crippen molar-refractivity contribution in [3.05, 3.63) is 35.4 Å². The van der Waals surface area contributed by atoms with Gasteiger partial charge in [-0.1, -0.05) is 43.7 Å². The van der Waals surface area contributed by atoms with Gasteiger partial charge in [0.1, 0.15) is 0 Å². The minimum absolute atomic E-state index is 0. The number of aryl methyl sites for hydroxylation is 1. The first-order valence-electron chi connectivity index (χ1n) is 3.76. The van der Waals surface area contributed by atoms with Crippen molar-refractivity contribution < 1.29 is 44.3 Å². The van der Waals surface area contributed by atoms with Crippen LogP contribution in [0.25, 0.3) is 0 Å². The van der Waals surface area contributed by atoms with Crippen LogP contribution in [-0.2, 0) is 19.5 Å². The molecule has 0 radical (unpaired) electrons. The molecule has 0 amide bonds. The Balaban J connectivity index is -0.000000333. The van der Waals surface area contributed by atoms with Gasteiger partial charge in [0, 0.05) is 0 Å². The van der Waals surface area contributed by atoms with Gasteiger partial charge in [0.15, 0.2) is 0 Å². The third-order valence-corrected chi connectivity index (χ3v) is 1.74. The summed E-state index contributed by atoms with van der Waals surface area (Å²) in [6, 6.07) is 8.71. The smallest absolute Gasteiger partial charge is 1.00 e. The van der Waals surface area contributed by atoms with E-state index < -0.39 is 0 Å². The molecular formula is C10H14Cl2Ru. The molecule has 0 aromatic heterocycles. The molecule has 0 N–H and O–H groups in total. The quantitative estimate of drug-likeness (QED) is 0.489. The van der Waals surface area contributed by atoms with Gasteiger partial charge in [0.05, 0.1) is 0 Å². The van der Waals surface area contributed by atoms with Crippen molar-refractivity contribution in [1.82, 2.24) is 0 Å². The van der Waals surface area contributed by atoms with Crippen molar-refractivity contribution in [1.29, 1.82) is 0 Å². The first kappa shape index (κ1) is 19.1. The minimum Gasteiger partial charge on any atom is -1.00 e. The number of hydrogen-bond donors (Lipinski definition) is 0. The van der Waals surface area contributed by atoms with Gasteiger partial charge in [-0.3, -0.25) is 0 Å². The molecule has 0 spiro atoms. The zero-order valence-corrected chi connectivity index (χ0v) is 11.2. The average Bonchev–Trinajstić information content (AvgIpc) is 1.88. The fourth-order valence-electron chi connectivity index (χ4n) is 0.951. The van der Waals surface area contributed by atoms with Crippen LogP contribution in [0.1, 0.15) is 30.9 Å². The first-order valence-corrected chi connectivity index (χ1v) is 3.76. The number of benzene rings is 1. The molecule has 0 fully saturated rings. The molecule has 0 saturated heterocycles. The van der Waals surface area contributed by atoms with Crippen LogP contribution in [0.3, 0.4) is 0 Å². The van der Waals surface area contributed by atoms with Gasteiger partial charge < -0.3 is 24.8 Å². The van der Waals surface area contributed by atoms with E-state index in [1.54, 1.807) is 0 Å². The van der Waals surface area contributed by atoms with E-state index in [-0.39, 0.29) is 44.3 Å². The fraction of sp³-hybridized carbons (Fsp3) is 0.400. The zero-order chi connectivity index (χ0) is 7.56. The summed E-state index contributed by atoms with van der Waals surface area (Å²) in [6.07, 6.45) is 0. The van der Waals surface area contributed by atoms with E-state index in [1.807, 2.05) is 0 Å². The summed E-state index contributed by atoms with van der Waals surface area (Å²) >= 11 is 0. The Morgan fingerprint density at radius 3 is 1.62 bits per heavy atom. The molecule has 0 atom stereocenters. The van der Waals surface area contributed by atoms with Crippen molar-refractivity contribution in [3.63, 3.8) is 0 Å². The third-order valence-electron chi connectivity index (χ3n) is 1.74. The summed E-state index contributed by atoms with van der Waals surface area (Å²) in [6.45, 7) is 6.54.